The molecule has 4 heteroatoms. The number of likely N-dealkylation sites (N-methyl/N-ethyl adjacent to an activating group) is 1. The lowest BCUT2D eigenvalue weighted by atomic mass is 9.94. The van der Waals surface area contributed by atoms with Crippen LogP contribution in [0.25, 0.3) is 0 Å². The van der Waals surface area contributed by atoms with Crippen molar-refractivity contribution < 1.29 is 4.79 Å². The number of amides is 1. The Kier molecular flexibility index (Phi) is 5.22. The molecule has 1 amide bonds. The molecular formula is C12H25N3O. The van der Waals surface area contributed by atoms with Crippen LogP contribution in [-0.2, 0) is 4.79 Å². The third kappa shape index (κ3) is 3.46. The molecule has 94 valence electrons. The van der Waals surface area contributed by atoms with E-state index in [4.69, 9.17) is 5.73 Å². The Morgan fingerprint density at radius 3 is 2.62 bits per heavy atom. The molecule has 0 aromatic heterocycles. The fourth-order valence-corrected chi connectivity index (χ4v) is 2.11. The van der Waals surface area contributed by atoms with Crippen LogP contribution in [-0.4, -0.2) is 54.5 Å². The largest absolute Gasteiger partial charge is 0.340 e. The maximum absolute atomic E-state index is 11.8. The molecule has 2 unspecified atom stereocenters. The van der Waals surface area contributed by atoms with Crippen LogP contribution in [0.3, 0.4) is 0 Å². The first-order valence-electron chi connectivity index (χ1n) is 6.34. The fourth-order valence-electron chi connectivity index (χ4n) is 2.11. The Balaban J connectivity index is 2.39. The standard InChI is InChI=1S/C12H25N3O/c1-4-14(5-2)6-7-15-9-11(13)10(3)8-12(15)16/h10-11H,4-9,13H2,1-3H3. The van der Waals surface area contributed by atoms with Gasteiger partial charge in [0, 0.05) is 32.1 Å². The second-order valence-electron chi connectivity index (χ2n) is 4.71. The second kappa shape index (κ2) is 6.21. The van der Waals surface area contributed by atoms with E-state index in [-0.39, 0.29) is 11.9 Å². The smallest absolute Gasteiger partial charge is 0.222 e. The summed E-state index contributed by atoms with van der Waals surface area (Å²) in [6, 6.07) is 0.148. The second-order valence-corrected chi connectivity index (χ2v) is 4.71. The van der Waals surface area contributed by atoms with Gasteiger partial charge in [-0.25, -0.2) is 0 Å². The molecule has 1 heterocycles. The number of rotatable bonds is 5. The zero-order valence-electron chi connectivity index (χ0n) is 10.8. The van der Waals surface area contributed by atoms with E-state index >= 15 is 0 Å². The van der Waals surface area contributed by atoms with Crippen molar-refractivity contribution in [3.8, 4) is 0 Å². The zero-order chi connectivity index (χ0) is 12.1. The van der Waals surface area contributed by atoms with Gasteiger partial charge in [-0.3, -0.25) is 4.79 Å². The minimum Gasteiger partial charge on any atom is -0.340 e. The first-order valence-corrected chi connectivity index (χ1v) is 6.34. The van der Waals surface area contributed by atoms with Crippen LogP contribution in [0.4, 0.5) is 0 Å². The molecule has 2 N–H and O–H groups in total. The van der Waals surface area contributed by atoms with Crippen molar-refractivity contribution in [2.24, 2.45) is 11.7 Å². The van der Waals surface area contributed by atoms with Gasteiger partial charge in [-0.2, -0.15) is 0 Å². The topological polar surface area (TPSA) is 49.6 Å². The van der Waals surface area contributed by atoms with E-state index in [1.807, 2.05) is 4.90 Å². The van der Waals surface area contributed by atoms with Crippen molar-refractivity contribution in [1.82, 2.24) is 9.80 Å². The normalized spacial score (nSPS) is 26.6. The van der Waals surface area contributed by atoms with E-state index in [2.05, 4.69) is 25.7 Å². The summed E-state index contributed by atoms with van der Waals surface area (Å²) < 4.78 is 0. The van der Waals surface area contributed by atoms with Crippen LogP contribution in [0.15, 0.2) is 0 Å². The Morgan fingerprint density at radius 1 is 1.44 bits per heavy atom. The van der Waals surface area contributed by atoms with E-state index in [1.54, 1.807) is 0 Å². The van der Waals surface area contributed by atoms with Crippen LogP contribution < -0.4 is 5.73 Å². The third-order valence-electron chi connectivity index (χ3n) is 3.59. The Hall–Kier alpha value is -0.610. The zero-order valence-corrected chi connectivity index (χ0v) is 10.8. The Bertz CT molecular complexity index is 228. The van der Waals surface area contributed by atoms with Gasteiger partial charge in [0.25, 0.3) is 0 Å². The van der Waals surface area contributed by atoms with Crippen LogP contribution in [0.5, 0.6) is 0 Å². The van der Waals surface area contributed by atoms with Gasteiger partial charge in [-0.1, -0.05) is 20.8 Å². The third-order valence-corrected chi connectivity index (χ3v) is 3.59. The lowest BCUT2D eigenvalue weighted by Gasteiger charge is -2.35. The molecule has 16 heavy (non-hydrogen) atoms. The first kappa shape index (κ1) is 13.5. The summed E-state index contributed by atoms with van der Waals surface area (Å²) in [5.41, 5.74) is 5.99. The maximum Gasteiger partial charge on any atom is 0.222 e. The van der Waals surface area contributed by atoms with Gasteiger partial charge in [0.05, 0.1) is 0 Å². The molecule has 4 nitrogen and oxygen atoms in total. The van der Waals surface area contributed by atoms with E-state index < -0.39 is 0 Å². The molecule has 1 saturated heterocycles. The number of nitrogens with two attached hydrogens (primary N) is 1. The molecule has 1 aliphatic rings. The Labute approximate surface area is 98.8 Å². The van der Waals surface area contributed by atoms with Crippen LogP contribution in [0.1, 0.15) is 27.2 Å². The van der Waals surface area contributed by atoms with Crippen LogP contribution >= 0.6 is 0 Å². The molecule has 0 bridgehead atoms. The molecule has 0 aromatic carbocycles. The van der Waals surface area contributed by atoms with Gasteiger partial charge < -0.3 is 15.5 Å². The fraction of sp³-hybridized carbons (Fsp3) is 0.917. The summed E-state index contributed by atoms with van der Waals surface area (Å²) in [5.74, 6) is 0.596. The molecule has 1 aliphatic heterocycles. The predicted molar refractivity (Wildman–Crippen MR) is 66.1 cm³/mol. The van der Waals surface area contributed by atoms with E-state index in [1.165, 1.54) is 0 Å². The van der Waals surface area contributed by atoms with E-state index in [0.29, 0.717) is 12.3 Å². The van der Waals surface area contributed by atoms with Crippen LogP contribution in [0, 0.1) is 5.92 Å². The number of likely N-dealkylation sites (tertiary alicyclic amines) is 1. The van der Waals surface area contributed by atoms with Gasteiger partial charge in [0.15, 0.2) is 0 Å². The highest BCUT2D eigenvalue weighted by molar-refractivity contribution is 5.77. The molecule has 0 radical (unpaired) electrons. The molecule has 0 saturated carbocycles. The number of carbonyl (C=O) groups excluding carboxylic acids is 1. The highest BCUT2D eigenvalue weighted by atomic mass is 16.2. The first-order chi connectivity index (χ1) is 7.58. The lowest BCUT2D eigenvalue weighted by molar-refractivity contribution is -0.135. The van der Waals surface area contributed by atoms with Crippen molar-refractivity contribution in [1.29, 1.82) is 0 Å². The summed E-state index contributed by atoms with van der Waals surface area (Å²) in [6.07, 6.45) is 0.611. The number of piperidine rings is 1. The van der Waals surface area contributed by atoms with Crippen LogP contribution in [0.2, 0.25) is 0 Å². The maximum atomic E-state index is 11.8. The Morgan fingerprint density at radius 2 is 2.06 bits per heavy atom. The number of carbonyl (C=O) groups is 1. The molecule has 1 rings (SSSR count). The molecular weight excluding hydrogens is 202 g/mol. The van der Waals surface area contributed by atoms with Gasteiger partial charge in [0.1, 0.15) is 0 Å². The number of hydrogen-bond acceptors (Lipinski definition) is 3. The van der Waals surface area contributed by atoms with Crippen molar-refractivity contribution in [3.63, 3.8) is 0 Å². The van der Waals surface area contributed by atoms with Gasteiger partial charge in [-0.05, 0) is 19.0 Å². The van der Waals surface area contributed by atoms with Crippen molar-refractivity contribution in [2.45, 2.75) is 33.2 Å². The van der Waals surface area contributed by atoms with Crippen molar-refractivity contribution >= 4 is 5.91 Å². The van der Waals surface area contributed by atoms with E-state index in [0.717, 1.165) is 32.7 Å². The summed E-state index contributed by atoms with van der Waals surface area (Å²) >= 11 is 0. The predicted octanol–water partition coefficient (Wildman–Crippen LogP) is 0.524. The van der Waals surface area contributed by atoms with Crippen molar-refractivity contribution in [2.75, 3.05) is 32.7 Å². The molecule has 0 aromatic rings. The summed E-state index contributed by atoms with van der Waals surface area (Å²) in [6.45, 7) is 10.9. The minimum absolute atomic E-state index is 0.148. The number of hydrogen-bond donors (Lipinski definition) is 1. The molecule has 1 fully saturated rings. The minimum atomic E-state index is 0.148. The van der Waals surface area contributed by atoms with Crippen molar-refractivity contribution in [3.05, 3.63) is 0 Å². The molecule has 0 spiro atoms. The molecule has 2 atom stereocenters. The quantitative estimate of drug-likeness (QED) is 0.745. The van der Waals surface area contributed by atoms with Gasteiger partial charge in [-0.15, -0.1) is 0 Å². The summed E-state index contributed by atoms with van der Waals surface area (Å²) in [7, 11) is 0. The summed E-state index contributed by atoms with van der Waals surface area (Å²) in [5, 5.41) is 0. The average molecular weight is 227 g/mol. The number of nitrogens with zero attached hydrogens (tertiary/aromatic N) is 2. The lowest BCUT2D eigenvalue weighted by Crippen LogP contribution is -2.52. The average Bonchev–Trinajstić information content (AvgIpc) is 2.26. The SMILES string of the molecule is CCN(CC)CCN1CC(N)C(C)CC1=O. The molecule has 0 aliphatic carbocycles. The van der Waals surface area contributed by atoms with E-state index in [9.17, 15) is 4.79 Å². The summed E-state index contributed by atoms with van der Waals surface area (Å²) in [4.78, 5) is 16.0. The highest BCUT2D eigenvalue weighted by Gasteiger charge is 2.28. The monoisotopic (exact) mass is 227 g/mol. The van der Waals surface area contributed by atoms with Gasteiger partial charge in [0.2, 0.25) is 5.91 Å². The van der Waals surface area contributed by atoms with Gasteiger partial charge >= 0.3 is 0 Å². The highest BCUT2D eigenvalue weighted by Crippen LogP contribution is 2.16.